The number of sulfonamides is 1. The number of carbonyl (C=O) groups excluding carboxylic acids is 1. The molecule has 2 aromatic rings. The van der Waals surface area contributed by atoms with Gasteiger partial charge in [-0.1, -0.05) is 24.6 Å². The van der Waals surface area contributed by atoms with Gasteiger partial charge in [-0.3, -0.25) is 9.10 Å². The van der Waals surface area contributed by atoms with Crippen LogP contribution in [0.15, 0.2) is 59.5 Å². The molecule has 0 unspecified atom stereocenters. The smallest absolute Gasteiger partial charge is 0.314 e. The summed E-state index contributed by atoms with van der Waals surface area (Å²) in [7, 11) is -2.11. The highest BCUT2D eigenvalue weighted by Crippen LogP contribution is 2.29. The van der Waals surface area contributed by atoms with Gasteiger partial charge in [-0.2, -0.15) is 0 Å². The number of benzene rings is 2. The van der Waals surface area contributed by atoms with Crippen molar-refractivity contribution in [3.05, 3.63) is 54.6 Å². The first kappa shape index (κ1) is 16.5. The summed E-state index contributed by atoms with van der Waals surface area (Å²) in [5.74, 6) is 0.228. The molecule has 5 nitrogen and oxygen atoms in total. The van der Waals surface area contributed by atoms with E-state index in [0.29, 0.717) is 11.4 Å². The minimum atomic E-state index is -3.61. The maximum atomic E-state index is 12.6. The van der Waals surface area contributed by atoms with E-state index in [-0.39, 0.29) is 16.8 Å². The molecule has 1 aliphatic carbocycles. The Labute approximate surface area is 141 Å². The number of esters is 1. The van der Waals surface area contributed by atoms with Crippen LogP contribution >= 0.6 is 0 Å². The van der Waals surface area contributed by atoms with Gasteiger partial charge < -0.3 is 4.74 Å². The molecule has 0 radical (unpaired) electrons. The highest BCUT2D eigenvalue weighted by Gasteiger charge is 2.27. The molecule has 2 aromatic carbocycles. The highest BCUT2D eigenvalue weighted by atomic mass is 32.2. The van der Waals surface area contributed by atoms with Crippen LogP contribution in [0.2, 0.25) is 0 Å². The normalized spacial score (nSPS) is 14.7. The molecule has 0 aromatic heterocycles. The predicted octanol–water partition coefficient (Wildman–Crippen LogP) is 3.22. The van der Waals surface area contributed by atoms with Gasteiger partial charge in [-0.25, -0.2) is 8.42 Å². The summed E-state index contributed by atoms with van der Waals surface area (Å²) in [6.07, 6.45) is 2.84. The van der Waals surface area contributed by atoms with E-state index in [9.17, 15) is 13.2 Å². The summed E-state index contributed by atoms with van der Waals surface area (Å²) >= 11 is 0. The standard InChI is InChI=1S/C18H19NO4S/c1-19(24(21,22)17-8-3-2-4-9-17)15-10-12-16(13-11-15)23-18(20)14-6-5-7-14/h2-4,8-14H,5-7H2,1H3. The highest BCUT2D eigenvalue weighted by molar-refractivity contribution is 7.92. The first-order valence-electron chi connectivity index (χ1n) is 7.84. The Balaban J connectivity index is 1.74. The average Bonchev–Trinajstić information content (AvgIpc) is 2.54. The third kappa shape index (κ3) is 3.28. The maximum Gasteiger partial charge on any atom is 0.314 e. The number of anilines is 1. The molecule has 0 bridgehead atoms. The quantitative estimate of drug-likeness (QED) is 0.616. The molecular formula is C18H19NO4S. The SMILES string of the molecule is CN(c1ccc(OC(=O)C2CCC2)cc1)S(=O)(=O)c1ccccc1. The summed E-state index contributed by atoms with van der Waals surface area (Å²) in [4.78, 5) is 12.1. The van der Waals surface area contributed by atoms with Gasteiger partial charge >= 0.3 is 5.97 Å². The Morgan fingerprint density at radius 1 is 1.04 bits per heavy atom. The van der Waals surface area contributed by atoms with E-state index in [1.165, 1.54) is 11.4 Å². The van der Waals surface area contributed by atoms with Gasteiger partial charge in [0.2, 0.25) is 0 Å². The van der Waals surface area contributed by atoms with Crippen molar-refractivity contribution in [2.45, 2.75) is 24.2 Å². The van der Waals surface area contributed by atoms with Gasteiger partial charge in [0.05, 0.1) is 16.5 Å². The van der Waals surface area contributed by atoms with Crippen molar-refractivity contribution in [3.8, 4) is 5.75 Å². The van der Waals surface area contributed by atoms with E-state index in [2.05, 4.69) is 0 Å². The monoisotopic (exact) mass is 345 g/mol. The van der Waals surface area contributed by atoms with E-state index in [4.69, 9.17) is 4.74 Å². The van der Waals surface area contributed by atoms with Crippen molar-refractivity contribution >= 4 is 21.7 Å². The van der Waals surface area contributed by atoms with Gasteiger partial charge in [0, 0.05) is 7.05 Å². The zero-order valence-electron chi connectivity index (χ0n) is 13.4. The van der Waals surface area contributed by atoms with Crippen LogP contribution < -0.4 is 9.04 Å². The molecule has 6 heteroatoms. The summed E-state index contributed by atoms with van der Waals surface area (Å²) in [6.45, 7) is 0. The van der Waals surface area contributed by atoms with Crippen LogP contribution in [0.5, 0.6) is 5.75 Å². The predicted molar refractivity (Wildman–Crippen MR) is 91.4 cm³/mol. The third-order valence-corrected chi connectivity index (χ3v) is 6.06. The van der Waals surface area contributed by atoms with Gasteiger partial charge in [0.25, 0.3) is 10.0 Å². The number of ether oxygens (including phenoxy) is 1. The number of carbonyl (C=O) groups is 1. The third-order valence-electron chi connectivity index (χ3n) is 4.26. The number of hydrogen-bond acceptors (Lipinski definition) is 4. The Morgan fingerprint density at radius 2 is 1.67 bits per heavy atom. The van der Waals surface area contributed by atoms with Crippen LogP contribution in [0.4, 0.5) is 5.69 Å². The molecule has 1 saturated carbocycles. The molecule has 0 aliphatic heterocycles. The van der Waals surface area contributed by atoms with Crippen LogP contribution in [-0.2, 0) is 14.8 Å². The lowest BCUT2D eigenvalue weighted by Gasteiger charge is -2.23. The summed E-state index contributed by atoms with van der Waals surface area (Å²) in [5, 5.41) is 0. The van der Waals surface area contributed by atoms with E-state index in [1.807, 2.05) is 0 Å². The van der Waals surface area contributed by atoms with E-state index in [0.717, 1.165) is 19.3 Å². The van der Waals surface area contributed by atoms with Crippen LogP contribution in [0.3, 0.4) is 0 Å². The molecule has 0 heterocycles. The lowest BCUT2D eigenvalue weighted by molar-refractivity contribution is -0.141. The Hall–Kier alpha value is -2.34. The fourth-order valence-electron chi connectivity index (χ4n) is 2.46. The van der Waals surface area contributed by atoms with Crippen molar-refractivity contribution in [1.82, 2.24) is 0 Å². The van der Waals surface area contributed by atoms with Crippen LogP contribution in [0.25, 0.3) is 0 Å². The Morgan fingerprint density at radius 3 is 2.21 bits per heavy atom. The maximum absolute atomic E-state index is 12.6. The van der Waals surface area contributed by atoms with Gasteiger partial charge in [0.1, 0.15) is 5.75 Å². The molecule has 0 N–H and O–H groups in total. The molecule has 126 valence electrons. The first-order valence-corrected chi connectivity index (χ1v) is 9.28. The Kier molecular flexibility index (Phi) is 4.57. The molecule has 0 saturated heterocycles. The zero-order chi connectivity index (χ0) is 17.2. The molecule has 1 fully saturated rings. The Bertz CT molecular complexity index is 812. The zero-order valence-corrected chi connectivity index (χ0v) is 14.2. The second-order valence-electron chi connectivity index (χ2n) is 5.83. The molecule has 0 amide bonds. The fourth-order valence-corrected chi connectivity index (χ4v) is 3.67. The average molecular weight is 345 g/mol. The van der Waals surface area contributed by atoms with E-state index < -0.39 is 10.0 Å². The minimum absolute atomic E-state index is 0.00538. The molecule has 1 aliphatic rings. The molecule has 0 spiro atoms. The largest absolute Gasteiger partial charge is 0.426 e. The second-order valence-corrected chi connectivity index (χ2v) is 7.80. The van der Waals surface area contributed by atoms with Crippen LogP contribution in [0, 0.1) is 5.92 Å². The van der Waals surface area contributed by atoms with Crippen molar-refractivity contribution in [3.63, 3.8) is 0 Å². The number of nitrogens with zero attached hydrogens (tertiary/aromatic N) is 1. The van der Waals surface area contributed by atoms with Crippen LogP contribution in [-0.4, -0.2) is 21.4 Å². The van der Waals surface area contributed by atoms with Gasteiger partial charge in [-0.15, -0.1) is 0 Å². The van der Waals surface area contributed by atoms with Gasteiger partial charge in [-0.05, 0) is 49.2 Å². The second kappa shape index (κ2) is 6.65. The lowest BCUT2D eigenvalue weighted by Crippen LogP contribution is -2.27. The van der Waals surface area contributed by atoms with Crippen molar-refractivity contribution < 1.29 is 17.9 Å². The topological polar surface area (TPSA) is 63.7 Å². The molecular weight excluding hydrogens is 326 g/mol. The van der Waals surface area contributed by atoms with Crippen LogP contribution in [0.1, 0.15) is 19.3 Å². The number of rotatable bonds is 5. The summed E-state index contributed by atoms with van der Waals surface area (Å²) < 4.78 is 31.7. The first-order chi connectivity index (χ1) is 11.5. The molecule has 24 heavy (non-hydrogen) atoms. The number of hydrogen-bond donors (Lipinski definition) is 0. The van der Waals surface area contributed by atoms with Crippen molar-refractivity contribution in [1.29, 1.82) is 0 Å². The lowest BCUT2D eigenvalue weighted by atomic mass is 9.86. The summed E-state index contributed by atoms with van der Waals surface area (Å²) in [5.41, 5.74) is 0.502. The van der Waals surface area contributed by atoms with E-state index >= 15 is 0 Å². The van der Waals surface area contributed by atoms with E-state index in [1.54, 1.807) is 54.6 Å². The molecule has 0 atom stereocenters. The van der Waals surface area contributed by atoms with Crippen molar-refractivity contribution in [2.75, 3.05) is 11.4 Å². The minimum Gasteiger partial charge on any atom is -0.426 e. The molecule has 3 rings (SSSR count). The van der Waals surface area contributed by atoms with Crippen molar-refractivity contribution in [2.24, 2.45) is 5.92 Å². The summed E-state index contributed by atoms with van der Waals surface area (Å²) in [6, 6.07) is 14.7. The van der Waals surface area contributed by atoms with Gasteiger partial charge in [0.15, 0.2) is 0 Å². The fraction of sp³-hybridized carbons (Fsp3) is 0.278.